The second kappa shape index (κ2) is 6.28. The Morgan fingerprint density at radius 3 is 2.19 bits per heavy atom. The molecule has 0 saturated heterocycles. The van der Waals surface area contributed by atoms with Crippen molar-refractivity contribution in [3.05, 3.63) is 58.7 Å². The van der Waals surface area contributed by atoms with Gasteiger partial charge in [0.25, 0.3) is 10.1 Å². The van der Waals surface area contributed by atoms with Crippen LogP contribution in [0.25, 0.3) is 0 Å². The van der Waals surface area contributed by atoms with Crippen molar-refractivity contribution < 1.29 is 13.0 Å². The largest absolute Gasteiger partial charge is 0.296 e. The highest BCUT2D eigenvalue weighted by Gasteiger charge is 2.48. The highest BCUT2D eigenvalue weighted by molar-refractivity contribution is 7.86. The first-order valence-corrected chi connectivity index (χ1v) is 10.6. The number of hydrogen-bond donors (Lipinski definition) is 1. The molecule has 0 amide bonds. The lowest BCUT2D eigenvalue weighted by atomic mass is 9.71. The van der Waals surface area contributed by atoms with E-state index in [0.29, 0.717) is 5.92 Å². The maximum absolute atomic E-state index is 11.6. The minimum absolute atomic E-state index is 0.0431. The lowest BCUT2D eigenvalue weighted by Crippen LogP contribution is -2.30. The smallest absolute Gasteiger partial charge is 0.282 e. The molecule has 0 spiro atoms. The first-order chi connectivity index (χ1) is 12.4. The Morgan fingerprint density at radius 2 is 1.59 bits per heavy atom. The zero-order chi connectivity index (χ0) is 20.2. The normalized spacial score (nSPS) is 20.8. The molecule has 5 heteroatoms. The van der Waals surface area contributed by atoms with E-state index in [-0.39, 0.29) is 21.4 Å². The quantitative estimate of drug-likeness (QED) is 0.583. The maximum atomic E-state index is 11.6. The van der Waals surface area contributed by atoms with Crippen molar-refractivity contribution in [2.24, 2.45) is 10.9 Å². The number of aliphatic imine (C=N–C) groups is 1. The van der Waals surface area contributed by atoms with E-state index in [0.717, 1.165) is 11.1 Å². The molecule has 0 aliphatic heterocycles. The van der Waals surface area contributed by atoms with Crippen molar-refractivity contribution in [2.45, 2.75) is 57.3 Å². The fraction of sp³-hybridized carbons (Fsp3) is 0.409. The summed E-state index contributed by atoms with van der Waals surface area (Å²) >= 11 is 0. The monoisotopic (exact) mass is 385 g/mol. The van der Waals surface area contributed by atoms with Gasteiger partial charge in [-0.25, -0.2) is 0 Å². The first-order valence-electron chi connectivity index (χ1n) is 9.13. The van der Waals surface area contributed by atoms with Gasteiger partial charge >= 0.3 is 0 Å². The van der Waals surface area contributed by atoms with Crippen LogP contribution in [-0.4, -0.2) is 19.2 Å². The van der Waals surface area contributed by atoms with Crippen LogP contribution in [0.4, 0.5) is 5.69 Å². The summed E-state index contributed by atoms with van der Waals surface area (Å²) in [5.41, 5.74) is 5.10. The summed E-state index contributed by atoms with van der Waals surface area (Å²) in [6.07, 6.45) is 1.69. The Hall–Kier alpha value is -1.98. The molecule has 0 saturated carbocycles. The van der Waals surface area contributed by atoms with Gasteiger partial charge in [-0.05, 0) is 64.1 Å². The van der Waals surface area contributed by atoms with Crippen molar-refractivity contribution in [1.29, 1.82) is 0 Å². The van der Waals surface area contributed by atoms with E-state index in [1.54, 1.807) is 24.4 Å². The van der Waals surface area contributed by atoms with Gasteiger partial charge in [0, 0.05) is 6.21 Å². The fourth-order valence-corrected chi connectivity index (χ4v) is 4.86. The molecule has 4 nitrogen and oxygen atoms in total. The highest BCUT2D eigenvalue weighted by atomic mass is 32.2. The molecule has 2 aromatic carbocycles. The summed E-state index contributed by atoms with van der Waals surface area (Å²) in [6, 6.07) is 10.6. The Kier molecular flexibility index (Phi) is 4.60. The van der Waals surface area contributed by atoms with E-state index in [9.17, 15) is 13.0 Å². The van der Waals surface area contributed by atoms with Gasteiger partial charge < -0.3 is 0 Å². The standard InChI is InChI=1S/C22H27NO3S/c1-14-11-17-18(22(5,6)15(2)21(17,3)4)12-16(14)13-23-19-9-7-8-10-20(19)27(24,25)26/h7-13,15H,1-6H3,(H,24,25,26). The number of para-hydroxylation sites is 1. The number of rotatable bonds is 3. The molecule has 1 aliphatic rings. The van der Waals surface area contributed by atoms with Gasteiger partial charge in [-0.3, -0.25) is 9.55 Å². The average molecular weight is 386 g/mol. The summed E-state index contributed by atoms with van der Waals surface area (Å²) < 4.78 is 32.5. The second-order valence-electron chi connectivity index (χ2n) is 8.62. The van der Waals surface area contributed by atoms with Gasteiger partial charge in [0.15, 0.2) is 0 Å². The predicted molar refractivity (Wildman–Crippen MR) is 110 cm³/mol. The minimum atomic E-state index is -4.31. The van der Waals surface area contributed by atoms with Crippen LogP contribution >= 0.6 is 0 Å². The molecule has 27 heavy (non-hydrogen) atoms. The minimum Gasteiger partial charge on any atom is -0.282 e. The van der Waals surface area contributed by atoms with Crippen LogP contribution in [0.15, 0.2) is 46.3 Å². The van der Waals surface area contributed by atoms with E-state index in [4.69, 9.17) is 0 Å². The molecule has 144 valence electrons. The highest BCUT2D eigenvalue weighted by Crippen LogP contribution is 2.53. The van der Waals surface area contributed by atoms with E-state index in [1.165, 1.54) is 17.2 Å². The zero-order valence-electron chi connectivity index (χ0n) is 16.7. The lowest BCUT2D eigenvalue weighted by Gasteiger charge is -2.32. The van der Waals surface area contributed by atoms with Crippen LogP contribution in [0.5, 0.6) is 0 Å². The fourth-order valence-electron chi connectivity index (χ4n) is 4.22. The predicted octanol–water partition coefficient (Wildman–Crippen LogP) is 5.20. The molecule has 1 aliphatic carbocycles. The summed E-state index contributed by atoms with van der Waals surface area (Å²) in [5.74, 6) is 0.492. The van der Waals surface area contributed by atoms with Crippen LogP contribution in [-0.2, 0) is 20.9 Å². The average Bonchev–Trinajstić information content (AvgIpc) is 2.70. The summed E-state index contributed by atoms with van der Waals surface area (Å²) in [6.45, 7) is 13.5. The molecule has 2 aromatic rings. The van der Waals surface area contributed by atoms with E-state index in [1.807, 2.05) is 6.92 Å². The SMILES string of the molecule is Cc1cc2c(cc1C=Nc1ccccc1S(=O)(=O)O)C(C)(C)C(C)C2(C)C. The molecule has 0 fully saturated rings. The number of benzene rings is 2. The third-order valence-corrected chi connectivity index (χ3v) is 7.35. The Balaban J connectivity index is 2.10. The molecular weight excluding hydrogens is 358 g/mol. The van der Waals surface area contributed by atoms with E-state index >= 15 is 0 Å². The Morgan fingerprint density at radius 1 is 1.04 bits per heavy atom. The van der Waals surface area contributed by atoms with Crippen molar-refractivity contribution in [3.8, 4) is 0 Å². The molecule has 3 rings (SSSR count). The van der Waals surface area contributed by atoms with Crippen LogP contribution in [0, 0.1) is 12.8 Å². The summed E-state index contributed by atoms with van der Waals surface area (Å²) in [7, 11) is -4.31. The first kappa shape index (κ1) is 19.8. The number of fused-ring (bicyclic) bond motifs is 1. The molecule has 1 atom stereocenters. The van der Waals surface area contributed by atoms with Crippen molar-refractivity contribution in [3.63, 3.8) is 0 Å². The van der Waals surface area contributed by atoms with Crippen LogP contribution in [0.1, 0.15) is 56.9 Å². The molecule has 0 radical (unpaired) electrons. The zero-order valence-corrected chi connectivity index (χ0v) is 17.6. The maximum Gasteiger partial charge on any atom is 0.296 e. The van der Waals surface area contributed by atoms with Gasteiger partial charge in [-0.15, -0.1) is 0 Å². The number of aryl methyl sites for hydroxylation is 1. The molecule has 0 aromatic heterocycles. The molecule has 1 unspecified atom stereocenters. The lowest BCUT2D eigenvalue weighted by molar-refractivity contribution is 0.264. The van der Waals surface area contributed by atoms with E-state index in [2.05, 4.69) is 51.7 Å². The third-order valence-electron chi connectivity index (χ3n) is 6.45. The Bertz CT molecular complexity index is 1030. The summed E-state index contributed by atoms with van der Waals surface area (Å²) in [4.78, 5) is 4.18. The van der Waals surface area contributed by atoms with Crippen molar-refractivity contribution in [2.75, 3.05) is 0 Å². The molecule has 0 bridgehead atoms. The number of hydrogen-bond acceptors (Lipinski definition) is 3. The number of nitrogens with zero attached hydrogens (tertiary/aromatic N) is 1. The van der Waals surface area contributed by atoms with Crippen molar-refractivity contribution in [1.82, 2.24) is 0 Å². The van der Waals surface area contributed by atoms with Crippen LogP contribution in [0.2, 0.25) is 0 Å². The van der Waals surface area contributed by atoms with Gasteiger partial charge in [0.1, 0.15) is 4.90 Å². The van der Waals surface area contributed by atoms with Gasteiger partial charge in [0.2, 0.25) is 0 Å². The van der Waals surface area contributed by atoms with Crippen molar-refractivity contribution >= 4 is 22.0 Å². The Labute approximate surface area is 162 Å². The molecule has 1 N–H and O–H groups in total. The topological polar surface area (TPSA) is 66.7 Å². The van der Waals surface area contributed by atoms with Crippen LogP contribution in [0.3, 0.4) is 0 Å². The van der Waals surface area contributed by atoms with Crippen LogP contribution < -0.4 is 0 Å². The summed E-state index contributed by atoms with van der Waals surface area (Å²) in [5, 5.41) is 0. The van der Waals surface area contributed by atoms with Gasteiger partial charge in [-0.1, -0.05) is 52.8 Å². The van der Waals surface area contributed by atoms with E-state index < -0.39 is 10.1 Å². The second-order valence-corrected chi connectivity index (χ2v) is 10.0. The van der Waals surface area contributed by atoms with Gasteiger partial charge in [-0.2, -0.15) is 8.42 Å². The third kappa shape index (κ3) is 3.23. The molecular formula is C22H27NO3S. The molecule has 0 heterocycles. The van der Waals surface area contributed by atoms with Gasteiger partial charge in [0.05, 0.1) is 5.69 Å².